The third-order valence-corrected chi connectivity index (χ3v) is 12.3. The summed E-state index contributed by atoms with van der Waals surface area (Å²) in [7, 11) is 3.63. The number of amides is 1. The number of nitrogens with zero attached hydrogens (tertiary/aromatic N) is 1. The van der Waals surface area contributed by atoms with Crippen LogP contribution in [0, 0.1) is 51.8 Å². The van der Waals surface area contributed by atoms with Gasteiger partial charge >= 0.3 is 0 Å². The van der Waals surface area contributed by atoms with Gasteiger partial charge in [-0.25, -0.2) is 4.98 Å². The lowest BCUT2D eigenvalue weighted by atomic mass is 9.45. The monoisotopic (exact) mass is 480 g/mol. The van der Waals surface area contributed by atoms with Crippen LogP contribution < -0.4 is 10.1 Å². The molecule has 5 heteroatoms. The first-order chi connectivity index (χ1) is 16.8. The molecule has 1 spiro atoms. The maximum Gasteiger partial charge on any atom is 0.251 e. The van der Waals surface area contributed by atoms with Gasteiger partial charge < -0.3 is 14.8 Å². The molecule has 1 aromatic rings. The van der Waals surface area contributed by atoms with E-state index in [9.17, 15) is 4.79 Å². The maximum absolute atomic E-state index is 12.0. The van der Waals surface area contributed by atoms with Crippen LogP contribution in [0.4, 0.5) is 0 Å². The lowest BCUT2D eigenvalue weighted by Gasteiger charge is -2.61. The van der Waals surface area contributed by atoms with Crippen molar-refractivity contribution in [1.29, 1.82) is 0 Å². The Morgan fingerprint density at radius 2 is 2.03 bits per heavy atom. The van der Waals surface area contributed by atoms with Crippen molar-refractivity contribution >= 4 is 5.91 Å². The van der Waals surface area contributed by atoms with E-state index in [0.29, 0.717) is 52.2 Å². The minimum absolute atomic E-state index is 0.106. The van der Waals surface area contributed by atoms with E-state index < -0.39 is 0 Å². The first-order valence-electron chi connectivity index (χ1n) is 14.1. The van der Waals surface area contributed by atoms with Gasteiger partial charge in [0, 0.05) is 37.4 Å². The van der Waals surface area contributed by atoms with Crippen molar-refractivity contribution in [1.82, 2.24) is 10.3 Å². The van der Waals surface area contributed by atoms with Crippen molar-refractivity contribution in [2.24, 2.45) is 51.8 Å². The molecule has 5 aliphatic carbocycles. The molecule has 1 aromatic heterocycles. The van der Waals surface area contributed by atoms with Crippen LogP contribution in [0.1, 0.15) is 82.5 Å². The van der Waals surface area contributed by atoms with E-state index >= 15 is 0 Å². The van der Waals surface area contributed by atoms with Crippen LogP contribution >= 0.6 is 0 Å². The molecule has 5 aliphatic rings. The normalized spacial score (nSPS) is 46.1. The van der Waals surface area contributed by atoms with Crippen molar-refractivity contribution in [3.05, 3.63) is 23.9 Å². The van der Waals surface area contributed by atoms with Crippen LogP contribution in [0.3, 0.4) is 0 Å². The highest BCUT2D eigenvalue weighted by Gasteiger charge is 2.77. The van der Waals surface area contributed by atoms with Crippen LogP contribution in [0.2, 0.25) is 0 Å². The highest BCUT2D eigenvalue weighted by atomic mass is 16.5. The predicted octanol–water partition coefficient (Wildman–Crippen LogP) is 5.74. The second-order valence-electron chi connectivity index (χ2n) is 13.2. The molecule has 0 radical (unpaired) electrons. The molecule has 2 unspecified atom stereocenters. The van der Waals surface area contributed by atoms with E-state index in [0.717, 1.165) is 23.7 Å². The summed E-state index contributed by atoms with van der Waals surface area (Å²) in [6.45, 7) is 8.30. The van der Waals surface area contributed by atoms with E-state index in [4.69, 9.17) is 9.47 Å². The second kappa shape index (κ2) is 8.19. The number of pyridine rings is 1. The Labute approximate surface area is 211 Å². The molecular formula is C30H44N2O3. The van der Waals surface area contributed by atoms with Crippen molar-refractivity contribution in [2.45, 2.75) is 78.2 Å². The summed E-state index contributed by atoms with van der Waals surface area (Å²) in [5.41, 5.74) is 1.99. The van der Waals surface area contributed by atoms with Gasteiger partial charge in [0.1, 0.15) is 0 Å². The molecule has 1 N–H and O–H groups in total. The molecular weight excluding hydrogens is 436 g/mol. The van der Waals surface area contributed by atoms with Crippen LogP contribution in [-0.4, -0.2) is 37.8 Å². The fourth-order valence-corrected chi connectivity index (χ4v) is 10.7. The minimum atomic E-state index is -0.106. The van der Waals surface area contributed by atoms with Gasteiger partial charge in [-0.3, -0.25) is 4.79 Å². The fourth-order valence-electron chi connectivity index (χ4n) is 10.7. The number of hydrogen-bond acceptors (Lipinski definition) is 4. The summed E-state index contributed by atoms with van der Waals surface area (Å²) in [5.74, 6) is 5.05. The third kappa shape index (κ3) is 3.22. The molecule has 192 valence electrons. The summed E-state index contributed by atoms with van der Waals surface area (Å²) in [5, 5.41) is 2.67. The highest BCUT2D eigenvalue weighted by Crippen LogP contribution is 2.82. The van der Waals surface area contributed by atoms with Gasteiger partial charge in [0.05, 0.1) is 12.7 Å². The minimum Gasteiger partial charge on any atom is -0.477 e. The van der Waals surface area contributed by atoms with E-state index in [1.807, 2.05) is 7.11 Å². The van der Waals surface area contributed by atoms with Gasteiger partial charge in [-0.2, -0.15) is 0 Å². The molecule has 5 saturated carbocycles. The maximum atomic E-state index is 12.0. The van der Waals surface area contributed by atoms with E-state index in [1.165, 1.54) is 51.4 Å². The SMILES string of the molecule is CNC(=O)c1ccnc(OC[C@@H](C)[C@H]2CC[C@H]3[C@@H]4CC(OC)C56C[C@H]5CC[C@]6(C)[C@H]4CC[C@]23C)c1. The third-order valence-electron chi connectivity index (χ3n) is 12.3. The Bertz CT molecular complexity index is 998. The van der Waals surface area contributed by atoms with Gasteiger partial charge in [0.15, 0.2) is 0 Å². The van der Waals surface area contributed by atoms with Gasteiger partial charge in [-0.15, -0.1) is 0 Å². The molecule has 0 saturated heterocycles. The number of carbonyl (C=O) groups is 1. The molecule has 5 nitrogen and oxygen atoms in total. The second-order valence-corrected chi connectivity index (χ2v) is 13.2. The Balaban J connectivity index is 1.17. The number of hydrogen-bond donors (Lipinski definition) is 1. The Hall–Kier alpha value is -1.62. The number of carbonyl (C=O) groups excluding carboxylic acids is 1. The number of rotatable bonds is 6. The first kappa shape index (κ1) is 23.8. The number of fused-ring (bicyclic) bond motifs is 4. The molecule has 1 heterocycles. The van der Waals surface area contributed by atoms with Gasteiger partial charge in [-0.1, -0.05) is 20.8 Å². The number of methoxy groups -OCH3 is 1. The van der Waals surface area contributed by atoms with Crippen LogP contribution in [0.5, 0.6) is 5.88 Å². The van der Waals surface area contributed by atoms with Crippen LogP contribution in [0.15, 0.2) is 18.3 Å². The summed E-state index contributed by atoms with van der Waals surface area (Å²) in [6, 6.07) is 3.48. The predicted molar refractivity (Wildman–Crippen MR) is 136 cm³/mol. The average molecular weight is 481 g/mol. The molecule has 0 bridgehead atoms. The smallest absolute Gasteiger partial charge is 0.251 e. The molecule has 5 fully saturated rings. The average Bonchev–Trinajstić information content (AvgIpc) is 3.38. The summed E-state index contributed by atoms with van der Waals surface area (Å²) < 4.78 is 12.4. The first-order valence-corrected chi connectivity index (χ1v) is 14.1. The zero-order chi connectivity index (χ0) is 24.6. The molecule has 1 amide bonds. The quantitative estimate of drug-likeness (QED) is 0.564. The lowest BCUT2D eigenvalue weighted by molar-refractivity contribution is -0.161. The zero-order valence-electron chi connectivity index (χ0n) is 22.3. The van der Waals surface area contributed by atoms with Crippen LogP contribution in [0.25, 0.3) is 0 Å². The zero-order valence-corrected chi connectivity index (χ0v) is 22.3. The van der Waals surface area contributed by atoms with Gasteiger partial charge in [0.2, 0.25) is 5.88 Å². The number of aromatic nitrogens is 1. The van der Waals surface area contributed by atoms with Gasteiger partial charge in [-0.05, 0) is 104 Å². The van der Waals surface area contributed by atoms with Crippen molar-refractivity contribution < 1.29 is 14.3 Å². The molecule has 0 aromatic carbocycles. The van der Waals surface area contributed by atoms with E-state index in [2.05, 4.69) is 31.1 Å². The lowest BCUT2D eigenvalue weighted by Crippen LogP contribution is -2.57. The Morgan fingerprint density at radius 3 is 2.77 bits per heavy atom. The van der Waals surface area contributed by atoms with Crippen molar-refractivity contribution in [3.8, 4) is 5.88 Å². The van der Waals surface area contributed by atoms with E-state index in [1.54, 1.807) is 25.4 Å². The topological polar surface area (TPSA) is 60.5 Å². The number of nitrogens with one attached hydrogen (secondary N) is 1. The molecule has 6 rings (SSSR count). The summed E-state index contributed by atoms with van der Waals surface area (Å²) in [6.07, 6.45) is 13.2. The van der Waals surface area contributed by atoms with Crippen molar-refractivity contribution in [3.63, 3.8) is 0 Å². The van der Waals surface area contributed by atoms with Crippen molar-refractivity contribution in [2.75, 3.05) is 20.8 Å². The summed E-state index contributed by atoms with van der Waals surface area (Å²) >= 11 is 0. The number of ether oxygens (including phenoxy) is 2. The van der Waals surface area contributed by atoms with Crippen LogP contribution in [-0.2, 0) is 4.74 Å². The molecule has 0 aliphatic heterocycles. The summed E-state index contributed by atoms with van der Waals surface area (Å²) in [4.78, 5) is 16.3. The largest absolute Gasteiger partial charge is 0.477 e. The fraction of sp³-hybridized carbons (Fsp3) is 0.800. The standard InChI is InChI=1S/C30H44N2O3/c1-18(17-35-26-14-19(10-13-32-26)27(33)31-4)22-6-7-23-21-15-25(34-5)30-16-20(30)8-12-29(30,3)24(21)9-11-28(22,23)2/h10,13-14,18,20-25H,6-9,11-12,15-17H2,1-5H3,(H,31,33)/t18-,20-,21+,22-,23+,24+,25?,28-,29-,30?/m1/s1. The van der Waals surface area contributed by atoms with Gasteiger partial charge in [0.25, 0.3) is 5.91 Å². The van der Waals surface area contributed by atoms with E-state index in [-0.39, 0.29) is 5.91 Å². The Morgan fingerprint density at radius 1 is 1.20 bits per heavy atom. The Kier molecular flexibility index (Phi) is 5.56. The highest BCUT2D eigenvalue weighted by molar-refractivity contribution is 5.94. The molecule has 35 heavy (non-hydrogen) atoms. The molecule has 10 atom stereocenters.